The van der Waals surface area contributed by atoms with Crippen molar-refractivity contribution in [1.82, 2.24) is 0 Å². The Labute approximate surface area is 328 Å². The van der Waals surface area contributed by atoms with Gasteiger partial charge < -0.3 is 37.9 Å². The van der Waals surface area contributed by atoms with Gasteiger partial charge in [-0.3, -0.25) is 0 Å². The fraction of sp³-hybridized carbons (Fsp3) is 1.00. The van der Waals surface area contributed by atoms with E-state index in [2.05, 4.69) is 26.5 Å². The van der Waals surface area contributed by atoms with E-state index in [1.54, 1.807) is 0 Å². The molecule has 0 aliphatic carbocycles. The first-order valence-corrected chi connectivity index (χ1v) is 22.7. The van der Waals surface area contributed by atoms with Crippen LogP contribution < -0.4 is 0 Å². The van der Waals surface area contributed by atoms with Crippen molar-refractivity contribution < 1.29 is 37.9 Å². The van der Waals surface area contributed by atoms with Crippen LogP contribution in [0.3, 0.4) is 0 Å². The van der Waals surface area contributed by atoms with Crippen molar-refractivity contribution in [3.63, 3.8) is 0 Å². The minimum atomic E-state index is -0.0230. The molecule has 0 N–H and O–H groups in total. The SMILES string of the molecule is CCCCCCCCCCCCCCOC[C@H](COCCOCCOCCOCCOCCOCCS)OCCCCCCCCCCCCCC. The van der Waals surface area contributed by atoms with Crippen molar-refractivity contribution in [2.24, 2.45) is 0 Å². The smallest absolute Gasteiger partial charge is 0.104 e. The molecule has 8 nitrogen and oxygen atoms in total. The summed E-state index contributed by atoms with van der Waals surface area (Å²) in [6, 6.07) is 0. The van der Waals surface area contributed by atoms with Crippen molar-refractivity contribution in [3.8, 4) is 0 Å². The molecule has 0 unspecified atom stereocenters. The predicted octanol–water partition coefficient (Wildman–Crippen LogP) is 10.8. The summed E-state index contributed by atoms with van der Waals surface area (Å²) in [5.41, 5.74) is 0. The van der Waals surface area contributed by atoms with E-state index < -0.39 is 0 Å². The van der Waals surface area contributed by atoms with Crippen molar-refractivity contribution in [2.75, 3.05) is 105 Å². The maximum Gasteiger partial charge on any atom is 0.104 e. The lowest BCUT2D eigenvalue weighted by molar-refractivity contribution is -0.0702. The minimum Gasteiger partial charge on any atom is -0.379 e. The number of thiol groups is 1. The average Bonchev–Trinajstić information content (AvgIpc) is 3.15. The minimum absolute atomic E-state index is 0.0230. The third-order valence-corrected chi connectivity index (χ3v) is 9.38. The van der Waals surface area contributed by atoms with Crippen LogP contribution in [-0.4, -0.2) is 111 Å². The van der Waals surface area contributed by atoms with Crippen LogP contribution in [0.1, 0.15) is 168 Å². The molecule has 0 spiro atoms. The van der Waals surface area contributed by atoms with Gasteiger partial charge in [-0.15, -0.1) is 0 Å². The van der Waals surface area contributed by atoms with Gasteiger partial charge in [0, 0.05) is 19.0 Å². The molecule has 9 heteroatoms. The molecule has 314 valence electrons. The lowest BCUT2D eigenvalue weighted by atomic mass is 10.1. The highest BCUT2D eigenvalue weighted by Crippen LogP contribution is 2.13. The lowest BCUT2D eigenvalue weighted by Gasteiger charge is -2.18. The Morgan fingerprint density at radius 1 is 0.288 bits per heavy atom. The van der Waals surface area contributed by atoms with Crippen LogP contribution in [0.5, 0.6) is 0 Å². The van der Waals surface area contributed by atoms with E-state index >= 15 is 0 Å². The number of unbranched alkanes of at least 4 members (excludes halogenated alkanes) is 22. The van der Waals surface area contributed by atoms with Gasteiger partial charge in [0.25, 0.3) is 0 Å². The molecule has 0 aromatic heterocycles. The van der Waals surface area contributed by atoms with Gasteiger partial charge in [-0.2, -0.15) is 12.6 Å². The molecule has 0 aliphatic heterocycles. The van der Waals surface area contributed by atoms with Crippen LogP contribution in [-0.2, 0) is 37.9 Å². The molecule has 0 fully saturated rings. The molecule has 0 heterocycles. The summed E-state index contributed by atoms with van der Waals surface area (Å²) >= 11 is 4.10. The summed E-state index contributed by atoms with van der Waals surface area (Å²) in [4.78, 5) is 0. The standard InChI is InChI=1S/C43H88O8S/c1-3-5-7-9-11-13-15-17-19-21-23-25-27-49-41-43(51-28-26-24-22-20-18-16-14-12-10-8-6-4-2)42-50-38-37-47-34-33-45-30-29-44-31-32-46-35-36-48-39-40-52/h43,52H,3-42H2,1-2H3/t43-/m1/s1. The fourth-order valence-electron chi connectivity index (χ4n) is 5.98. The van der Waals surface area contributed by atoms with Crippen LogP contribution in [0.25, 0.3) is 0 Å². The molecule has 0 bridgehead atoms. The Hall–Kier alpha value is 0.0300. The van der Waals surface area contributed by atoms with Crippen LogP contribution in [0.2, 0.25) is 0 Å². The van der Waals surface area contributed by atoms with E-state index in [-0.39, 0.29) is 6.10 Å². The van der Waals surface area contributed by atoms with Crippen LogP contribution in [0.4, 0.5) is 0 Å². The zero-order valence-corrected chi connectivity index (χ0v) is 35.5. The molecule has 0 saturated carbocycles. The molecule has 52 heavy (non-hydrogen) atoms. The third kappa shape index (κ3) is 46.2. The Morgan fingerprint density at radius 2 is 0.558 bits per heavy atom. The van der Waals surface area contributed by atoms with E-state index in [4.69, 9.17) is 37.9 Å². The fourth-order valence-corrected chi connectivity index (χ4v) is 6.11. The van der Waals surface area contributed by atoms with Crippen molar-refractivity contribution in [2.45, 2.75) is 174 Å². The summed E-state index contributed by atoms with van der Waals surface area (Å²) in [5.74, 6) is 0.729. The molecule has 0 aromatic carbocycles. The van der Waals surface area contributed by atoms with Crippen molar-refractivity contribution in [3.05, 3.63) is 0 Å². The molecule has 0 saturated heterocycles. The van der Waals surface area contributed by atoms with Gasteiger partial charge >= 0.3 is 0 Å². The molecule has 0 radical (unpaired) electrons. The summed E-state index contributed by atoms with van der Waals surface area (Å²) in [6.07, 6.45) is 32.5. The monoisotopic (exact) mass is 765 g/mol. The van der Waals surface area contributed by atoms with E-state index in [1.807, 2.05) is 0 Å². The van der Waals surface area contributed by atoms with Crippen molar-refractivity contribution in [1.29, 1.82) is 0 Å². The average molecular weight is 765 g/mol. The predicted molar refractivity (Wildman–Crippen MR) is 221 cm³/mol. The van der Waals surface area contributed by atoms with Gasteiger partial charge in [-0.1, -0.05) is 155 Å². The largest absolute Gasteiger partial charge is 0.379 e. The summed E-state index contributed by atoms with van der Waals surface area (Å²) < 4.78 is 45.8. The molecule has 0 aromatic rings. The second-order valence-electron chi connectivity index (χ2n) is 14.2. The molecular formula is C43H88O8S. The van der Waals surface area contributed by atoms with Crippen molar-refractivity contribution >= 4 is 12.6 Å². The maximum absolute atomic E-state index is 6.24. The van der Waals surface area contributed by atoms with E-state index in [0.29, 0.717) is 85.9 Å². The Kier molecular flexibility index (Phi) is 49.1. The summed E-state index contributed by atoms with van der Waals surface area (Å²) in [5, 5.41) is 0. The topological polar surface area (TPSA) is 73.8 Å². The van der Waals surface area contributed by atoms with E-state index in [9.17, 15) is 0 Å². The highest BCUT2D eigenvalue weighted by Gasteiger charge is 2.10. The first-order valence-electron chi connectivity index (χ1n) is 22.1. The maximum atomic E-state index is 6.24. The van der Waals surface area contributed by atoms with Gasteiger partial charge in [-0.25, -0.2) is 0 Å². The Bertz CT molecular complexity index is 618. The van der Waals surface area contributed by atoms with E-state index in [1.165, 1.54) is 141 Å². The van der Waals surface area contributed by atoms with Crippen LogP contribution in [0.15, 0.2) is 0 Å². The second-order valence-corrected chi connectivity index (χ2v) is 14.7. The lowest BCUT2D eigenvalue weighted by Crippen LogP contribution is -2.27. The highest BCUT2D eigenvalue weighted by atomic mass is 32.1. The molecule has 0 aliphatic rings. The number of hydrogen-bond acceptors (Lipinski definition) is 9. The number of rotatable bonds is 48. The van der Waals surface area contributed by atoms with Gasteiger partial charge in [0.1, 0.15) is 6.10 Å². The number of hydrogen-bond donors (Lipinski definition) is 1. The molecule has 0 rings (SSSR count). The van der Waals surface area contributed by atoms with Crippen LogP contribution >= 0.6 is 12.6 Å². The zero-order chi connectivity index (χ0) is 37.5. The summed E-state index contributed by atoms with van der Waals surface area (Å²) in [6.45, 7) is 13.5. The molecule has 0 amide bonds. The second kappa shape index (κ2) is 49.0. The molecular weight excluding hydrogens is 677 g/mol. The molecule has 1 atom stereocenters. The van der Waals surface area contributed by atoms with Gasteiger partial charge in [0.2, 0.25) is 0 Å². The van der Waals surface area contributed by atoms with Gasteiger partial charge in [0.05, 0.1) is 85.9 Å². The van der Waals surface area contributed by atoms with Crippen LogP contribution in [0, 0.1) is 0 Å². The highest BCUT2D eigenvalue weighted by molar-refractivity contribution is 7.80. The Morgan fingerprint density at radius 3 is 0.904 bits per heavy atom. The zero-order valence-electron chi connectivity index (χ0n) is 34.6. The number of ether oxygens (including phenoxy) is 8. The summed E-state index contributed by atoms with van der Waals surface area (Å²) in [7, 11) is 0. The quantitative estimate of drug-likeness (QED) is 0.0485. The Balaban J connectivity index is 3.91. The van der Waals surface area contributed by atoms with E-state index in [0.717, 1.165) is 31.8 Å². The third-order valence-electron chi connectivity index (χ3n) is 9.20. The van der Waals surface area contributed by atoms with Gasteiger partial charge in [0.15, 0.2) is 0 Å². The first-order chi connectivity index (χ1) is 25.8. The normalized spacial score (nSPS) is 12.3. The van der Waals surface area contributed by atoms with Gasteiger partial charge in [-0.05, 0) is 12.8 Å². The first kappa shape index (κ1) is 52.0.